The zero-order valence-electron chi connectivity index (χ0n) is 8.26. The van der Waals surface area contributed by atoms with Gasteiger partial charge in [0, 0.05) is 10.9 Å². The molecule has 0 unspecified atom stereocenters. The van der Waals surface area contributed by atoms with Gasteiger partial charge in [-0.05, 0) is 19.1 Å². The zero-order chi connectivity index (χ0) is 11.9. The summed E-state index contributed by atoms with van der Waals surface area (Å²) in [6.45, 7) is 1.34. The number of hydrogen-bond donors (Lipinski definition) is 0. The third kappa shape index (κ3) is 1.80. The van der Waals surface area contributed by atoms with Gasteiger partial charge in [0.05, 0.1) is 0 Å². The molecule has 0 aliphatic carbocycles. The third-order valence-corrected chi connectivity index (χ3v) is 2.21. The Balaban J connectivity index is 2.59. The Bertz CT molecular complexity index is 552. The fraction of sp³-hybridized carbons (Fsp3) is 0.182. The first-order valence-corrected chi connectivity index (χ1v) is 4.49. The van der Waals surface area contributed by atoms with E-state index in [1.54, 1.807) is 0 Å². The number of carbonyl (C=O) groups excluding carboxylic acids is 1. The van der Waals surface area contributed by atoms with Gasteiger partial charge >= 0.3 is 6.18 Å². The van der Waals surface area contributed by atoms with E-state index in [1.807, 2.05) is 0 Å². The molecule has 2 nitrogen and oxygen atoms in total. The predicted octanol–water partition coefficient (Wildman–Crippen LogP) is 3.65. The highest BCUT2D eigenvalue weighted by molar-refractivity contribution is 5.97. The molecule has 0 saturated heterocycles. The summed E-state index contributed by atoms with van der Waals surface area (Å²) in [6.07, 6.45) is -4.50. The molecule has 0 aliphatic rings. The van der Waals surface area contributed by atoms with Gasteiger partial charge in [0.2, 0.25) is 5.76 Å². The number of benzene rings is 1. The minimum absolute atomic E-state index is 0.0695. The Morgan fingerprint density at radius 2 is 1.94 bits per heavy atom. The van der Waals surface area contributed by atoms with Crippen molar-refractivity contribution in [1.82, 2.24) is 0 Å². The van der Waals surface area contributed by atoms with Crippen molar-refractivity contribution >= 4 is 16.8 Å². The summed E-state index contributed by atoms with van der Waals surface area (Å²) in [5, 5.41) is 0.331. The van der Waals surface area contributed by atoms with Crippen LogP contribution in [0.25, 0.3) is 11.0 Å². The van der Waals surface area contributed by atoms with Gasteiger partial charge in [0.15, 0.2) is 5.78 Å². The van der Waals surface area contributed by atoms with Gasteiger partial charge in [-0.3, -0.25) is 4.79 Å². The summed E-state index contributed by atoms with van der Waals surface area (Å²) in [4.78, 5) is 11.0. The number of carbonyl (C=O) groups is 1. The van der Waals surface area contributed by atoms with E-state index in [4.69, 9.17) is 0 Å². The Labute approximate surface area is 88.7 Å². The molecule has 0 aliphatic heterocycles. The quantitative estimate of drug-likeness (QED) is 0.697. The molecule has 0 fully saturated rings. The van der Waals surface area contributed by atoms with E-state index < -0.39 is 11.9 Å². The van der Waals surface area contributed by atoms with Crippen LogP contribution in [0.3, 0.4) is 0 Å². The van der Waals surface area contributed by atoms with E-state index in [0.29, 0.717) is 10.9 Å². The van der Waals surface area contributed by atoms with Gasteiger partial charge in [-0.2, -0.15) is 13.2 Å². The third-order valence-electron chi connectivity index (χ3n) is 2.21. The Morgan fingerprint density at radius 3 is 2.50 bits per heavy atom. The maximum absolute atomic E-state index is 12.3. The van der Waals surface area contributed by atoms with Gasteiger partial charge in [0.1, 0.15) is 5.58 Å². The molecule has 5 heteroatoms. The van der Waals surface area contributed by atoms with Crippen LogP contribution in [0.5, 0.6) is 0 Å². The lowest BCUT2D eigenvalue weighted by Gasteiger charge is -1.99. The summed E-state index contributed by atoms with van der Waals surface area (Å²) in [7, 11) is 0. The molecule has 1 aromatic carbocycles. The molecule has 2 aromatic rings. The standard InChI is InChI=1S/C11H7F3O2/c1-6(15)7-2-3-8-5-10(11(12,13)14)16-9(8)4-7/h2-5H,1H3. The molecule has 0 atom stereocenters. The van der Waals surface area contributed by atoms with Crippen LogP contribution in [-0.4, -0.2) is 5.78 Å². The van der Waals surface area contributed by atoms with Crippen molar-refractivity contribution in [3.8, 4) is 0 Å². The second-order valence-electron chi connectivity index (χ2n) is 3.42. The largest absolute Gasteiger partial charge is 0.451 e. The van der Waals surface area contributed by atoms with E-state index in [9.17, 15) is 18.0 Å². The molecule has 0 bridgehead atoms. The monoisotopic (exact) mass is 228 g/mol. The van der Waals surface area contributed by atoms with Crippen LogP contribution in [0.1, 0.15) is 23.0 Å². The average molecular weight is 228 g/mol. The van der Waals surface area contributed by atoms with Crippen LogP contribution < -0.4 is 0 Å². The van der Waals surface area contributed by atoms with Crippen LogP contribution in [0.15, 0.2) is 28.7 Å². The van der Waals surface area contributed by atoms with Crippen molar-refractivity contribution in [3.05, 3.63) is 35.6 Å². The highest BCUT2D eigenvalue weighted by atomic mass is 19.4. The first-order chi connectivity index (χ1) is 7.38. The number of Topliss-reactive ketones (excluding diaryl/α,β-unsaturated/α-hetero) is 1. The van der Waals surface area contributed by atoms with Crippen LogP contribution >= 0.6 is 0 Å². The highest BCUT2D eigenvalue weighted by Crippen LogP contribution is 2.33. The van der Waals surface area contributed by atoms with Gasteiger partial charge in [-0.15, -0.1) is 0 Å². The normalized spacial score (nSPS) is 12.0. The molecule has 1 heterocycles. The number of ketones is 1. The lowest BCUT2D eigenvalue weighted by Crippen LogP contribution is -2.01. The molecule has 0 N–H and O–H groups in total. The van der Waals surface area contributed by atoms with Crippen molar-refractivity contribution < 1.29 is 22.4 Å². The second kappa shape index (κ2) is 3.37. The minimum Gasteiger partial charge on any atom is -0.451 e. The Morgan fingerprint density at radius 1 is 1.25 bits per heavy atom. The maximum atomic E-state index is 12.3. The number of rotatable bonds is 1. The maximum Gasteiger partial charge on any atom is 0.449 e. The lowest BCUT2D eigenvalue weighted by molar-refractivity contribution is -0.152. The minimum atomic E-state index is -4.50. The second-order valence-corrected chi connectivity index (χ2v) is 3.42. The predicted molar refractivity (Wildman–Crippen MR) is 51.2 cm³/mol. The summed E-state index contributed by atoms with van der Waals surface area (Å²) in [5.74, 6) is -1.27. The molecule has 0 amide bonds. The molecule has 0 radical (unpaired) electrons. The van der Waals surface area contributed by atoms with Gasteiger partial charge in [-0.1, -0.05) is 12.1 Å². The first-order valence-electron chi connectivity index (χ1n) is 4.49. The number of fused-ring (bicyclic) bond motifs is 1. The number of alkyl halides is 3. The van der Waals surface area contributed by atoms with Gasteiger partial charge < -0.3 is 4.42 Å². The molecule has 2 rings (SSSR count). The number of halogens is 3. The molecule has 16 heavy (non-hydrogen) atoms. The molecule has 84 valence electrons. The van der Waals surface area contributed by atoms with Crippen LogP contribution in [0.4, 0.5) is 13.2 Å². The van der Waals surface area contributed by atoms with Crippen molar-refractivity contribution in [2.24, 2.45) is 0 Å². The van der Waals surface area contributed by atoms with E-state index in [0.717, 1.165) is 6.07 Å². The smallest absolute Gasteiger partial charge is 0.449 e. The fourth-order valence-corrected chi connectivity index (χ4v) is 1.39. The van der Waals surface area contributed by atoms with E-state index in [-0.39, 0.29) is 11.4 Å². The van der Waals surface area contributed by atoms with Crippen molar-refractivity contribution in [2.45, 2.75) is 13.1 Å². The Kier molecular flexibility index (Phi) is 2.26. The molecule has 0 saturated carbocycles. The highest BCUT2D eigenvalue weighted by Gasteiger charge is 2.35. The summed E-state index contributed by atoms with van der Waals surface area (Å²) in [6, 6.07) is 5.14. The van der Waals surface area contributed by atoms with Gasteiger partial charge in [-0.25, -0.2) is 0 Å². The van der Waals surface area contributed by atoms with E-state index in [1.165, 1.54) is 25.1 Å². The molecular formula is C11H7F3O2. The first kappa shape index (κ1) is 10.7. The summed E-state index contributed by atoms with van der Waals surface area (Å²) < 4.78 is 41.6. The topological polar surface area (TPSA) is 30.2 Å². The molecule has 1 aromatic heterocycles. The molecular weight excluding hydrogens is 221 g/mol. The van der Waals surface area contributed by atoms with Crippen molar-refractivity contribution in [3.63, 3.8) is 0 Å². The summed E-state index contributed by atoms with van der Waals surface area (Å²) >= 11 is 0. The summed E-state index contributed by atoms with van der Waals surface area (Å²) in [5.41, 5.74) is 0.399. The molecule has 0 spiro atoms. The lowest BCUT2D eigenvalue weighted by atomic mass is 10.1. The number of furan rings is 1. The SMILES string of the molecule is CC(=O)c1ccc2cc(C(F)(F)F)oc2c1. The van der Waals surface area contributed by atoms with Crippen LogP contribution in [-0.2, 0) is 6.18 Å². The van der Waals surface area contributed by atoms with Crippen LogP contribution in [0, 0.1) is 0 Å². The zero-order valence-corrected chi connectivity index (χ0v) is 8.26. The van der Waals surface area contributed by atoms with Crippen LogP contribution in [0.2, 0.25) is 0 Å². The van der Waals surface area contributed by atoms with E-state index >= 15 is 0 Å². The van der Waals surface area contributed by atoms with Crippen molar-refractivity contribution in [1.29, 1.82) is 0 Å². The van der Waals surface area contributed by atoms with Crippen molar-refractivity contribution in [2.75, 3.05) is 0 Å². The average Bonchev–Trinajstić information content (AvgIpc) is 2.58. The Hall–Kier alpha value is -1.78. The number of hydrogen-bond acceptors (Lipinski definition) is 2. The van der Waals surface area contributed by atoms with E-state index in [2.05, 4.69) is 4.42 Å². The fourth-order valence-electron chi connectivity index (χ4n) is 1.39. The van der Waals surface area contributed by atoms with Gasteiger partial charge in [0.25, 0.3) is 0 Å².